The van der Waals surface area contributed by atoms with Crippen molar-refractivity contribution in [1.82, 2.24) is 20.1 Å². The number of hydrogen-bond acceptors (Lipinski definition) is 4. The van der Waals surface area contributed by atoms with Gasteiger partial charge in [-0.05, 0) is 18.6 Å². The topological polar surface area (TPSA) is 59.8 Å². The second-order valence-corrected chi connectivity index (χ2v) is 6.72. The molecule has 0 aliphatic rings. The van der Waals surface area contributed by atoms with Crippen LogP contribution in [0.2, 0.25) is 0 Å². The summed E-state index contributed by atoms with van der Waals surface area (Å²) in [5.74, 6) is -0.0496. The maximum absolute atomic E-state index is 12.4. The molecule has 0 saturated carbocycles. The van der Waals surface area contributed by atoms with Crippen molar-refractivity contribution in [3.05, 3.63) is 69.4 Å². The normalized spacial score (nSPS) is 10.8. The van der Waals surface area contributed by atoms with Gasteiger partial charge in [0.2, 0.25) is 0 Å². The number of rotatable bonds is 6. The first kappa shape index (κ1) is 16.4. The molecule has 1 aromatic carbocycles. The number of amides is 1. The third-order valence-corrected chi connectivity index (χ3v) is 4.99. The van der Waals surface area contributed by atoms with E-state index in [1.807, 2.05) is 42.9 Å². The zero-order chi connectivity index (χ0) is 16.9. The van der Waals surface area contributed by atoms with Crippen LogP contribution in [0, 0.1) is 6.92 Å². The zero-order valence-corrected chi connectivity index (χ0v) is 14.6. The first-order chi connectivity index (χ1) is 11.6. The summed E-state index contributed by atoms with van der Waals surface area (Å²) in [5.41, 5.74) is 3.10. The minimum atomic E-state index is -0.0496. The smallest absolute Gasteiger partial charge is 0.263 e. The zero-order valence-electron chi connectivity index (χ0n) is 13.8. The predicted molar refractivity (Wildman–Crippen MR) is 95.3 cm³/mol. The first-order valence-corrected chi connectivity index (χ1v) is 8.70. The molecule has 0 spiro atoms. The molecular weight excluding hydrogens is 320 g/mol. The Morgan fingerprint density at radius 2 is 2.04 bits per heavy atom. The molecule has 0 saturated heterocycles. The summed E-state index contributed by atoms with van der Waals surface area (Å²) in [7, 11) is 1.90. The molecule has 0 aliphatic carbocycles. The van der Waals surface area contributed by atoms with E-state index in [1.165, 1.54) is 16.9 Å². The summed E-state index contributed by atoms with van der Waals surface area (Å²) in [5, 5.41) is 8.07. The summed E-state index contributed by atoms with van der Waals surface area (Å²) in [6.07, 6.45) is 3.28. The second kappa shape index (κ2) is 7.40. The fraction of sp³-hybridized carbons (Fsp3) is 0.278. The fourth-order valence-electron chi connectivity index (χ4n) is 2.54. The van der Waals surface area contributed by atoms with Gasteiger partial charge < -0.3 is 5.32 Å². The number of carbonyl (C=O) groups is 1. The number of hydrogen-bond donors (Lipinski definition) is 1. The molecule has 1 amide bonds. The summed E-state index contributed by atoms with van der Waals surface area (Å²) in [6, 6.07) is 12.1. The highest BCUT2D eigenvalue weighted by molar-refractivity contribution is 7.13. The Morgan fingerprint density at radius 1 is 1.25 bits per heavy atom. The van der Waals surface area contributed by atoms with Crippen molar-refractivity contribution >= 4 is 17.2 Å². The highest BCUT2D eigenvalue weighted by Gasteiger charge is 2.15. The minimum Gasteiger partial charge on any atom is -0.351 e. The van der Waals surface area contributed by atoms with Crippen LogP contribution in [0.3, 0.4) is 0 Å². The molecular formula is C18H20N4OS. The van der Waals surface area contributed by atoms with Crippen LogP contribution in [0.4, 0.5) is 0 Å². The van der Waals surface area contributed by atoms with Crippen LogP contribution in [0.15, 0.2) is 42.6 Å². The van der Waals surface area contributed by atoms with Crippen LogP contribution < -0.4 is 5.32 Å². The van der Waals surface area contributed by atoms with Gasteiger partial charge in [-0.15, -0.1) is 11.3 Å². The van der Waals surface area contributed by atoms with Gasteiger partial charge in [-0.1, -0.05) is 30.3 Å². The molecule has 3 rings (SSSR count). The van der Waals surface area contributed by atoms with Crippen molar-refractivity contribution in [3.63, 3.8) is 0 Å². The largest absolute Gasteiger partial charge is 0.351 e. The van der Waals surface area contributed by atoms with Crippen LogP contribution in [0.1, 0.15) is 31.6 Å². The number of benzene rings is 1. The maximum atomic E-state index is 12.4. The summed E-state index contributed by atoms with van der Waals surface area (Å²) >= 11 is 1.47. The number of carbonyl (C=O) groups excluding carboxylic acids is 1. The first-order valence-electron chi connectivity index (χ1n) is 7.89. The van der Waals surface area contributed by atoms with E-state index in [0.29, 0.717) is 11.4 Å². The third-order valence-electron chi connectivity index (χ3n) is 3.83. The molecule has 6 heteroatoms. The van der Waals surface area contributed by atoms with E-state index >= 15 is 0 Å². The van der Waals surface area contributed by atoms with Crippen LogP contribution in [0.5, 0.6) is 0 Å². The average Bonchev–Trinajstić information content (AvgIpc) is 3.14. The predicted octanol–water partition coefficient (Wildman–Crippen LogP) is 2.75. The lowest BCUT2D eigenvalue weighted by molar-refractivity contribution is 0.0957. The monoisotopic (exact) mass is 340 g/mol. The second-order valence-electron chi connectivity index (χ2n) is 5.64. The van der Waals surface area contributed by atoms with Gasteiger partial charge >= 0.3 is 0 Å². The van der Waals surface area contributed by atoms with Crippen molar-refractivity contribution in [2.45, 2.75) is 19.8 Å². The lowest BCUT2D eigenvalue weighted by Crippen LogP contribution is -2.26. The summed E-state index contributed by atoms with van der Waals surface area (Å²) in [4.78, 5) is 17.6. The molecule has 2 heterocycles. The average molecular weight is 340 g/mol. The van der Waals surface area contributed by atoms with Crippen molar-refractivity contribution in [1.29, 1.82) is 0 Å². The van der Waals surface area contributed by atoms with Gasteiger partial charge in [0.05, 0.1) is 10.7 Å². The summed E-state index contributed by atoms with van der Waals surface area (Å²) in [6.45, 7) is 2.48. The van der Waals surface area contributed by atoms with Crippen molar-refractivity contribution in [3.8, 4) is 0 Å². The Morgan fingerprint density at radius 3 is 2.75 bits per heavy atom. The van der Waals surface area contributed by atoms with E-state index in [4.69, 9.17) is 0 Å². The molecule has 0 radical (unpaired) electrons. The van der Waals surface area contributed by atoms with E-state index in [2.05, 4.69) is 27.5 Å². The van der Waals surface area contributed by atoms with Crippen LogP contribution in [0.25, 0.3) is 0 Å². The van der Waals surface area contributed by atoms with Crippen LogP contribution in [-0.4, -0.2) is 27.2 Å². The maximum Gasteiger partial charge on any atom is 0.263 e. The molecule has 1 N–H and O–H groups in total. The highest BCUT2D eigenvalue weighted by atomic mass is 32.1. The van der Waals surface area contributed by atoms with Gasteiger partial charge in [0.25, 0.3) is 5.91 Å². The van der Waals surface area contributed by atoms with Gasteiger partial charge in [-0.3, -0.25) is 9.48 Å². The molecule has 0 aliphatic heterocycles. The van der Waals surface area contributed by atoms with E-state index in [9.17, 15) is 4.79 Å². The summed E-state index contributed by atoms with van der Waals surface area (Å²) < 4.78 is 1.82. The van der Waals surface area contributed by atoms with Crippen LogP contribution >= 0.6 is 11.3 Å². The number of aromatic nitrogens is 3. The Hall–Kier alpha value is -2.47. The number of thiazole rings is 1. The lowest BCUT2D eigenvalue weighted by atomic mass is 10.2. The van der Waals surface area contributed by atoms with E-state index in [0.717, 1.165) is 29.2 Å². The van der Waals surface area contributed by atoms with E-state index < -0.39 is 0 Å². The van der Waals surface area contributed by atoms with Crippen molar-refractivity contribution in [2.24, 2.45) is 7.05 Å². The van der Waals surface area contributed by atoms with Gasteiger partial charge in [0, 0.05) is 38.3 Å². The van der Waals surface area contributed by atoms with Gasteiger partial charge in [0.1, 0.15) is 4.88 Å². The molecule has 0 fully saturated rings. The van der Waals surface area contributed by atoms with Gasteiger partial charge in [-0.2, -0.15) is 5.10 Å². The molecule has 0 unspecified atom stereocenters. The lowest BCUT2D eigenvalue weighted by Gasteiger charge is -2.04. The Labute approximate surface area is 145 Å². The number of aryl methyl sites for hydroxylation is 2. The molecule has 0 bridgehead atoms. The van der Waals surface area contributed by atoms with Gasteiger partial charge in [0.15, 0.2) is 0 Å². The van der Waals surface area contributed by atoms with Crippen molar-refractivity contribution < 1.29 is 4.79 Å². The molecule has 124 valence electrons. The quantitative estimate of drug-likeness (QED) is 0.750. The highest BCUT2D eigenvalue weighted by Crippen LogP contribution is 2.20. The number of nitrogens with zero attached hydrogens (tertiary/aromatic N) is 3. The number of nitrogens with one attached hydrogen (secondary N) is 1. The SMILES string of the molecule is Cc1nc(Cc2ccccc2)sc1C(=O)NCCc1ccnn1C. The van der Waals surface area contributed by atoms with E-state index in [-0.39, 0.29) is 5.91 Å². The van der Waals surface area contributed by atoms with Crippen LogP contribution in [-0.2, 0) is 19.9 Å². The molecule has 24 heavy (non-hydrogen) atoms. The van der Waals surface area contributed by atoms with Gasteiger partial charge in [-0.25, -0.2) is 4.98 Å². The minimum absolute atomic E-state index is 0.0496. The Bertz CT molecular complexity index is 823. The molecule has 5 nitrogen and oxygen atoms in total. The standard InChI is InChI=1S/C18H20N4OS/c1-13-17(18(23)19-10-8-15-9-11-20-22(15)2)24-16(21-13)12-14-6-4-3-5-7-14/h3-7,9,11H,8,10,12H2,1-2H3,(H,19,23). The fourth-order valence-corrected chi connectivity index (χ4v) is 3.56. The van der Waals surface area contributed by atoms with Crippen molar-refractivity contribution in [2.75, 3.05) is 6.54 Å². The Kier molecular flexibility index (Phi) is 5.05. The molecule has 2 aromatic heterocycles. The van der Waals surface area contributed by atoms with E-state index in [1.54, 1.807) is 6.20 Å². The molecule has 3 aromatic rings. The third kappa shape index (κ3) is 3.89. The Balaban J connectivity index is 1.59. The molecule has 0 atom stereocenters.